The molecule has 0 aliphatic carbocycles. The molecule has 1 unspecified atom stereocenters. The van der Waals surface area contributed by atoms with Crippen molar-refractivity contribution in [3.63, 3.8) is 0 Å². The number of likely N-dealkylation sites (N-methyl/N-ethyl adjacent to an activating group) is 1. The maximum Gasteiger partial charge on any atom is 0.275 e. The van der Waals surface area contributed by atoms with Crippen molar-refractivity contribution in [2.24, 2.45) is 5.92 Å². The van der Waals surface area contributed by atoms with Gasteiger partial charge in [0.2, 0.25) is 10.0 Å². The third-order valence-corrected chi connectivity index (χ3v) is 6.67. The van der Waals surface area contributed by atoms with Gasteiger partial charge >= 0.3 is 0 Å². The molecule has 0 bridgehead atoms. The number of hydrogen-bond acceptors (Lipinski definition) is 5. The number of amides is 1. The molecule has 1 aromatic carbocycles. The van der Waals surface area contributed by atoms with Crippen LogP contribution in [0.25, 0.3) is 0 Å². The highest BCUT2D eigenvalue weighted by Crippen LogP contribution is 2.29. The summed E-state index contributed by atoms with van der Waals surface area (Å²) in [5.41, 5.74) is -1.12. The summed E-state index contributed by atoms with van der Waals surface area (Å²) in [4.78, 5) is 13.9. The van der Waals surface area contributed by atoms with Crippen LogP contribution in [0.5, 0.6) is 0 Å². The van der Waals surface area contributed by atoms with Gasteiger partial charge in [0.05, 0.1) is 12.2 Å². The van der Waals surface area contributed by atoms with Crippen molar-refractivity contribution in [1.29, 1.82) is 0 Å². The molecule has 7 nitrogen and oxygen atoms in total. The molecule has 1 aliphatic heterocycles. The van der Waals surface area contributed by atoms with Crippen molar-refractivity contribution < 1.29 is 31.1 Å². The summed E-state index contributed by atoms with van der Waals surface area (Å²) in [6.45, 7) is 7.52. The number of nitrogens with zero attached hydrogens (tertiary/aromatic N) is 1. The third kappa shape index (κ3) is 5.63. The first kappa shape index (κ1) is 25.7. The molecular formula is C21H28F3N3O4S. The van der Waals surface area contributed by atoms with Gasteiger partial charge in [0.25, 0.3) is 12.3 Å². The van der Waals surface area contributed by atoms with Crippen molar-refractivity contribution in [2.45, 2.75) is 39.2 Å². The van der Waals surface area contributed by atoms with E-state index in [1.165, 1.54) is 19.0 Å². The molecule has 1 aromatic rings. The van der Waals surface area contributed by atoms with Crippen molar-refractivity contribution in [2.75, 3.05) is 26.0 Å². The predicted molar refractivity (Wildman–Crippen MR) is 116 cm³/mol. The molecule has 0 saturated carbocycles. The molecule has 11 heteroatoms. The lowest BCUT2D eigenvalue weighted by Crippen LogP contribution is -2.44. The van der Waals surface area contributed by atoms with Gasteiger partial charge in [0, 0.05) is 31.7 Å². The van der Waals surface area contributed by atoms with Gasteiger partial charge in [0.15, 0.2) is 5.76 Å². The molecule has 1 saturated heterocycles. The summed E-state index contributed by atoms with van der Waals surface area (Å²) >= 11 is 0. The molecule has 178 valence electrons. The number of sulfonamides is 1. The Morgan fingerprint density at radius 2 is 1.97 bits per heavy atom. The van der Waals surface area contributed by atoms with Crippen LogP contribution in [-0.2, 0) is 19.6 Å². The molecular weight excluding hydrogens is 447 g/mol. The molecule has 1 heterocycles. The smallest absolute Gasteiger partial charge is 0.275 e. The van der Waals surface area contributed by atoms with Gasteiger partial charge in [0.1, 0.15) is 16.4 Å². The molecule has 1 fully saturated rings. The van der Waals surface area contributed by atoms with Gasteiger partial charge in [-0.3, -0.25) is 4.79 Å². The van der Waals surface area contributed by atoms with Crippen LogP contribution in [0.1, 0.15) is 38.7 Å². The zero-order valence-corrected chi connectivity index (χ0v) is 19.2. The number of alkyl halides is 2. The van der Waals surface area contributed by atoms with Gasteiger partial charge in [-0.05, 0) is 31.0 Å². The number of ether oxygens (including phenoxy) is 1. The number of carbonyl (C=O) groups is 1. The number of halogens is 3. The van der Waals surface area contributed by atoms with Crippen LogP contribution in [0.4, 0.5) is 18.9 Å². The molecule has 1 amide bonds. The van der Waals surface area contributed by atoms with Gasteiger partial charge in [-0.1, -0.05) is 20.4 Å². The average molecular weight is 476 g/mol. The first-order chi connectivity index (χ1) is 14.9. The second kappa shape index (κ2) is 10.4. The van der Waals surface area contributed by atoms with E-state index in [1.807, 2.05) is 13.8 Å². The lowest BCUT2D eigenvalue weighted by atomic mass is 9.96. The summed E-state index contributed by atoms with van der Waals surface area (Å²) < 4.78 is 73.7. The topological polar surface area (TPSA) is 87.7 Å². The lowest BCUT2D eigenvalue weighted by molar-refractivity contribution is -0.114. The highest BCUT2D eigenvalue weighted by atomic mass is 32.2. The maximum absolute atomic E-state index is 13.6. The SMILES string of the molecule is C=C1/C(=C(/C(=O)Nc2ccc(F)c(C(F)F)c2)N(C)C)OCC(CC)[C@H](CC)NS1(=O)=O. The number of anilines is 1. The van der Waals surface area contributed by atoms with Crippen LogP contribution in [0.2, 0.25) is 0 Å². The zero-order chi connectivity index (χ0) is 24.2. The maximum atomic E-state index is 13.6. The van der Waals surface area contributed by atoms with Crippen LogP contribution in [0.3, 0.4) is 0 Å². The average Bonchev–Trinajstić information content (AvgIpc) is 2.71. The second-order valence-corrected chi connectivity index (χ2v) is 9.34. The van der Waals surface area contributed by atoms with Gasteiger partial charge < -0.3 is 15.0 Å². The van der Waals surface area contributed by atoms with Crippen LogP contribution in [-0.4, -0.2) is 46.0 Å². The van der Waals surface area contributed by atoms with Crippen molar-refractivity contribution in [1.82, 2.24) is 9.62 Å². The Labute approximate surface area is 186 Å². The molecule has 0 spiro atoms. The van der Waals surface area contributed by atoms with Crippen LogP contribution < -0.4 is 10.0 Å². The summed E-state index contributed by atoms with van der Waals surface area (Å²) in [6.07, 6.45) is -1.89. The van der Waals surface area contributed by atoms with E-state index in [2.05, 4.69) is 16.6 Å². The van der Waals surface area contributed by atoms with Crippen molar-refractivity contribution in [3.05, 3.63) is 52.5 Å². The fourth-order valence-electron chi connectivity index (χ4n) is 3.38. The van der Waals surface area contributed by atoms with Crippen LogP contribution >= 0.6 is 0 Å². The van der Waals surface area contributed by atoms with E-state index in [9.17, 15) is 26.4 Å². The normalized spacial score (nSPS) is 22.6. The fourth-order valence-corrected chi connectivity index (χ4v) is 4.68. The Hall–Kier alpha value is -2.53. The first-order valence-corrected chi connectivity index (χ1v) is 11.6. The molecule has 2 rings (SSSR count). The van der Waals surface area contributed by atoms with Crippen LogP contribution in [0.15, 0.2) is 41.1 Å². The van der Waals surface area contributed by atoms with E-state index >= 15 is 0 Å². The minimum absolute atomic E-state index is 0.0819. The summed E-state index contributed by atoms with van der Waals surface area (Å²) in [7, 11) is -1.07. The van der Waals surface area contributed by atoms with E-state index in [0.717, 1.165) is 18.2 Å². The van der Waals surface area contributed by atoms with E-state index < -0.39 is 38.6 Å². The highest BCUT2D eigenvalue weighted by molar-refractivity contribution is 7.93. The Balaban J connectivity index is 2.50. The lowest BCUT2D eigenvalue weighted by Gasteiger charge is -2.32. The Morgan fingerprint density at radius 3 is 2.50 bits per heavy atom. The number of nitrogens with one attached hydrogen (secondary N) is 2. The quantitative estimate of drug-likeness (QED) is 0.612. The molecule has 2 N–H and O–H groups in total. The monoisotopic (exact) mass is 475 g/mol. The number of hydrogen-bond donors (Lipinski definition) is 2. The minimum Gasteiger partial charge on any atom is -0.489 e. The van der Waals surface area contributed by atoms with E-state index in [-0.39, 0.29) is 35.7 Å². The van der Waals surface area contributed by atoms with E-state index in [1.54, 1.807) is 0 Å². The fraction of sp³-hybridized carbons (Fsp3) is 0.476. The zero-order valence-electron chi connectivity index (χ0n) is 18.4. The summed E-state index contributed by atoms with van der Waals surface area (Å²) in [5, 5.41) is 2.40. The summed E-state index contributed by atoms with van der Waals surface area (Å²) in [6, 6.07) is 2.41. The van der Waals surface area contributed by atoms with Crippen LogP contribution in [0, 0.1) is 11.7 Å². The van der Waals surface area contributed by atoms with Gasteiger partial charge in [-0.15, -0.1) is 0 Å². The first-order valence-electron chi connectivity index (χ1n) is 10.1. The number of rotatable bonds is 6. The minimum atomic E-state index is -4.07. The molecule has 0 radical (unpaired) electrons. The number of carbonyl (C=O) groups excluding carboxylic acids is 1. The molecule has 32 heavy (non-hydrogen) atoms. The summed E-state index contributed by atoms with van der Waals surface area (Å²) in [5.74, 6) is -2.32. The Bertz CT molecular complexity index is 1010. The largest absolute Gasteiger partial charge is 0.489 e. The molecule has 2 atom stereocenters. The number of benzene rings is 1. The standard InChI is InChI=1S/C21H28F3N3O4S/c1-6-13-11-31-19(12(3)32(29,30)26-17(13)7-2)18(27(4)5)21(28)25-14-8-9-16(22)15(10-14)20(23)24/h8-10,13,17,20,26H,3,6-7,11H2,1-2,4-5H3,(H,25,28)/b19-18+/t13?,17-/m0/s1. The molecule has 1 aliphatic rings. The van der Waals surface area contributed by atoms with Crippen molar-refractivity contribution >= 4 is 21.6 Å². The second-order valence-electron chi connectivity index (χ2n) is 7.60. The highest BCUT2D eigenvalue weighted by Gasteiger charge is 2.35. The van der Waals surface area contributed by atoms with Gasteiger partial charge in [-0.25, -0.2) is 26.3 Å². The van der Waals surface area contributed by atoms with E-state index in [4.69, 9.17) is 4.74 Å². The Kier molecular flexibility index (Phi) is 8.35. The van der Waals surface area contributed by atoms with Crippen molar-refractivity contribution in [3.8, 4) is 0 Å². The molecule has 0 aromatic heterocycles. The van der Waals surface area contributed by atoms with E-state index in [0.29, 0.717) is 12.8 Å². The van der Waals surface area contributed by atoms with Gasteiger partial charge in [-0.2, -0.15) is 0 Å². The third-order valence-electron chi connectivity index (χ3n) is 5.23. The Morgan fingerprint density at radius 1 is 1.31 bits per heavy atom. The predicted octanol–water partition coefficient (Wildman–Crippen LogP) is 3.74.